The summed E-state index contributed by atoms with van der Waals surface area (Å²) in [5, 5.41) is 34.9. The molecule has 278 valence electrons. The first-order chi connectivity index (χ1) is 23.3. The highest BCUT2D eigenvalue weighted by Crippen LogP contribution is 2.56. The van der Waals surface area contributed by atoms with Crippen LogP contribution in [0.25, 0.3) is 0 Å². The quantitative estimate of drug-likeness (QED) is 0.231. The van der Waals surface area contributed by atoms with Gasteiger partial charge in [-0.15, -0.1) is 0 Å². The molecule has 3 N–H and O–H groups in total. The normalized spacial score (nSPS) is 41.5. The Hall–Kier alpha value is -2.72. The van der Waals surface area contributed by atoms with Crippen LogP contribution in [0.15, 0.2) is 46.1 Å². The van der Waals surface area contributed by atoms with Gasteiger partial charge < -0.3 is 24.8 Å². The van der Waals surface area contributed by atoms with Crippen molar-refractivity contribution in [3.63, 3.8) is 0 Å². The topological polar surface area (TPSA) is 147 Å². The number of hydrogen-bond donors (Lipinski definition) is 3. The minimum absolute atomic E-state index is 0.00517. The number of carbonyl (C=O) groups excluding carboxylic acids is 4. The summed E-state index contributed by atoms with van der Waals surface area (Å²) in [6.45, 7) is 14.5. The van der Waals surface area contributed by atoms with Crippen molar-refractivity contribution >= 4 is 23.3 Å². The molecule has 2 aliphatic carbocycles. The molecule has 2 heterocycles. The lowest BCUT2D eigenvalue weighted by atomic mass is 9.52. The second-order valence-corrected chi connectivity index (χ2v) is 16.5. The summed E-state index contributed by atoms with van der Waals surface area (Å²) in [4.78, 5) is 57.2. The third kappa shape index (κ3) is 8.01. The molecule has 9 heteroatoms. The van der Waals surface area contributed by atoms with Crippen LogP contribution in [0.4, 0.5) is 0 Å². The van der Waals surface area contributed by atoms with E-state index in [2.05, 4.69) is 0 Å². The second kappa shape index (κ2) is 15.5. The van der Waals surface area contributed by atoms with Gasteiger partial charge in [0.1, 0.15) is 11.4 Å². The number of fused-ring (bicyclic) bond motifs is 5. The molecule has 9 nitrogen and oxygen atoms in total. The fraction of sp³-hybridized carbons (Fsp3) is 0.707. The van der Waals surface area contributed by atoms with E-state index in [4.69, 9.17) is 9.47 Å². The standard InChI is InChI=1S/C41H60O9/c1-23(2)29-20-33(43)26(5)12-10-11-24(3)17-28(42)22-41(38(46)49-9)31-18-25(4)13-14-35-39(7,47)16-15-36(50-35)40(8,48)34(44)21-30(31)27(6)19-32(41)37(29)45/h12,17-18,23,29,31-32,34-36,44,47-48H,10-11,13-16,19-22H2,1-9H3/b24-17-,25-18+,26-12+/t29-,31-,32+,34-,35-,36+,39+,40-,41-/m0/s1. The van der Waals surface area contributed by atoms with E-state index in [0.29, 0.717) is 49.7 Å². The van der Waals surface area contributed by atoms with Crippen LogP contribution in [-0.2, 0) is 28.7 Å². The van der Waals surface area contributed by atoms with Crippen molar-refractivity contribution in [3.05, 3.63) is 46.1 Å². The van der Waals surface area contributed by atoms with Gasteiger partial charge in [-0.3, -0.25) is 19.2 Å². The fourth-order valence-electron chi connectivity index (χ4n) is 8.84. The highest BCUT2D eigenvalue weighted by molar-refractivity contribution is 6.01. The Labute approximate surface area is 298 Å². The van der Waals surface area contributed by atoms with E-state index in [0.717, 1.165) is 16.7 Å². The lowest BCUT2D eigenvalue weighted by Crippen LogP contribution is -2.59. The van der Waals surface area contributed by atoms with Gasteiger partial charge in [0, 0.05) is 30.6 Å². The van der Waals surface area contributed by atoms with Gasteiger partial charge in [0.15, 0.2) is 11.6 Å². The SMILES string of the molecule is COC(=O)[C@]12CC(=O)/C=C(/C)CC/C=C(\C)C(=O)C[C@@H](C(C)C)C(=O)[C@H]1CC(C)=C1C[C@H](O)[C@](C)(O)[C@H]3CC[C@@](C)(O)[C@H](CC/C(C)=C/[C@@H]12)O3. The maximum atomic E-state index is 15.0. The van der Waals surface area contributed by atoms with Crippen LogP contribution in [0.2, 0.25) is 0 Å². The Morgan fingerprint density at radius 3 is 2.28 bits per heavy atom. The molecule has 9 atom stereocenters. The number of Topliss-reactive ketones (excluding diaryl/α,β-unsaturated/α-hetero) is 2. The predicted molar refractivity (Wildman–Crippen MR) is 191 cm³/mol. The first kappa shape index (κ1) is 40.1. The summed E-state index contributed by atoms with van der Waals surface area (Å²) in [5.74, 6) is -4.11. The van der Waals surface area contributed by atoms with Gasteiger partial charge in [-0.25, -0.2) is 0 Å². The fourth-order valence-corrected chi connectivity index (χ4v) is 8.84. The Morgan fingerprint density at radius 2 is 1.64 bits per heavy atom. The summed E-state index contributed by atoms with van der Waals surface area (Å²) in [5.41, 5.74) is -0.821. The molecule has 1 saturated heterocycles. The van der Waals surface area contributed by atoms with E-state index in [1.54, 1.807) is 26.8 Å². The zero-order valence-electron chi connectivity index (χ0n) is 31.6. The van der Waals surface area contributed by atoms with Crippen LogP contribution in [0.5, 0.6) is 0 Å². The smallest absolute Gasteiger partial charge is 0.313 e. The second-order valence-electron chi connectivity index (χ2n) is 16.5. The van der Waals surface area contributed by atoms with Crippen molar-refractivity contribution in [1.29, 1.82) is 0 Å². The van der Waals surface area contributed by atoms with Crippen molar-refractivity contribution < 1.29 is 44.0 Å². The molecule has 0 spiro atoms. The molecule has 0 aromatic heterocycles. The number of carbonyl (C=O) groups is 4. The number of rotatable bonds is 2. The molecule has 0 unspecified atom stereocenters. The van der Waals surface area contributed by atoms with Gasteiger partial charge in [-0.1, -0.05) is 48.3 Å². The van der Waals surface area contributed by atoms with Crippen LogP contribution in [0.1, 0.15) is 120 Å². The highest BCUT2D eigenvalue weighted by atomic mass is 16.5. The largest absolute Gasteiger partial charge is 0.469 e. The Balaban J connectivity index is 2.01. The first-order valence-electron chi connectivity index (χ1n) is 18.4. The van der Waals surface area contributed by atoms with Crippen LogP contribution < -0.4 is 0 Å². The molecule has 50 heavy (non-hydrogen) atoms. The monoisotopic (exact) mass is 696 g/mol. The van der Waals surface area contributed by atoms with E-state index >= 15 is 4.79 Å². The maximum absolute atomic E-state index is 15.0. The van der Waals surface area contributed by atoms with Gasteiger partial charge in [0.05, 0.1) is 36.4 Å². The molecule has 0 saturated carbocycles. The predicted octanol–water partition coefficient (Wildman–Crippen LogP) is 6.09. The molecule has 1 fully saturated rings. The van der Waals surface area contributed by atoms with Gasteiger partial charge in [0.2, 0.25) is 0 Å². The van der Waals surface area contributed by atoms with E-state index in [1.807, 2.05) is 46.8 Å². The summed E-state index contributed by atoms with van der Waals surface area (Å²) in [6, 6.07) is 0. The minimum atomic E-state index is -1.71. The molecule has 4 aliphatic rings. The van der Waals surface area contributed by atoms with Crippen molar-refractivity contribution in [2.45, 2.75) is 149 Å². The van der Waals surface area contributed by atoms with Crippen molar-refractivity contribution in [1.82, 2.24) is 0 Å². The molecule has 0 amide bonds. The van der Waals surface area contributed by atoms with E-state index in [1.165, 1.54) is 7.11 Å². The third-order valence-corrected chi connectivity index (χ3v) is 12.3. The zero-order valence-corrected chi connectivity index (χ0v) is 31.6. The number of methoxy groups -OCH3 is 1. The minimum Gasteiger partial charge on any atom is -0.469 e. The molecule has 4 rings (SSSR count). The van der Waals surface area contributed by atoms with Gasteiger partial charge >= 0.3 is 5.97 Å². The van der Waals surface area contributed by atoms with Crippen LogP contribution >= 0.6 is 0 Å². The number of ketones is 3. The van der Waals surface area contributed by atoms with Gasteiger partial charge in [0.25, 0.3) is 0 Å². The summed E-state index contributed by atoms with van der Waals surface area (Å²) < 4.78 is 11.9. The molecular weight excluding hydrogens is 636 g/mol. The van der Waals surface area contributed by atoms with Crippen LogP contribution in [0, 0.1) is 29.1 Å². The summed E-state index contributed by atoms with van der Waals surface area (Å²) in [6.07, 6.45) is 5.21. The molecular formula is C41H60O9. The van der Waals surface area contributed by atoms with Crippen LogP contribution in [-0.4, -0.2) is 75.3 Å². The maximum Gasteiger partial charge on any atom is 0.313 e. The molecule has 0 aromatic rings. The van der Waals surface area contributed by atoms with E-state index < -0.39 is 58.7 Å². The number of ether oxygens (including phenoxy) is 2. The number of hydrogen-bond acceptors (Lipinski definition) is 9. The number of aliphatic hydroxyl groups is 3. The van der Waals surface area contributed by atoms with Crippen molar-refractivity contribution in [3.8, 4) is 0 Å². The average Bonchev–Trinajstić information content (AvgIpc) is 3.03. The highest BCUT2D eigenvalue weighted by Gasteiger charge is 2.60. The van der Waals surface area contributed by atoms with Gasteiger partial charge in [-0.2, -0.15) is 0 Å². The average molecular weight is 697 g/mol. The Bertz CT molecular complexity index is 1470. The van der Waals surface area contributed by atoms with Gasteiger partial charge in [-0.05, 0) is 110 Å². The molecule has 0 aromatic carbocycles. The number of aliphatic hydroxyl groups excluding tert-OH is 1. The Morgan fingerprint density at radius 1 is 0.960 bits per heavy atom. The summed E-state index contributed by atoms with van der Waals surface area (Å²) in [7, 11) is 1.27. The molecule has 2 bridgehead atoms. The van der Waals surface area contributed by atoms with E-state index in [9.17, 15) is 29.7 Å². The third-order valence-electron chi connectivity index (χ3n) is 12.3. The number of esters is 1. The molecule has 0 radical (unpaired) electrons. The Kier molecular flexibility index (Phi) is 12.4. The van der Waals surface area contributed by atoms with Crippen LogP contribution in [0.3, 0.4) is 0 Å². The van der Waals surface area contributed by atoms with Crippen molar-refractivity contribution in [2.75, 3.05) is 7.11 Å². The zero-order chi connectivity index (χ0) is 37.3. The summed E-state index contributed by atoms with van der Waals surface area (Å²) >= 11 is 0. The first-order valence-corrected chi connectivity index (χ1v) is 18.4. The molecule has 2 aliphatic heterocycles. The van der Waals surface area contributed by atoms with Crippen molar-refractivity contribution in [2.24, 2.45) is 29.1 Å². The lowest BCUT2D eigenvalue weighted by Gasteiger charge is -2.50. The van der Waals surface area contributed by atoms with E-state index in [-0.39, 0.29) is 49.0 Å². The lowest BCUT2D eigenvalue weighted by molar-refractivity contribution is -0.234. The number of allylic oxidation sites excluding steroid dienone is 7.